The monoisotopic (exact) mass is 376 g/mol. The number of amidine groups is 1. The highest BCUT2D eigenvalue weighted by molar-refractivity contribution is 8.15. The van der Waals surface area contributed by atoms with E-state index >= 15 is 0 Å². The molecule has 2 heterocycles. The van der Waals surface area contributed by atoms with Gasteiger partial charge in [-0.2, -0.15) is 0 Å². The number of phenolic OH excluding ortho intramolecular Hbond substituents is 1. The zero-order chi connectivity index (χ0) is 18.8. The molecule has 26 heavy (non-hydrogen) atoms. The molecule has 0 unspecified atom stereocenters. The molecule has 0 aromatic heterocycles. The summed E-state index contributed by atoms with van der Waals surface area (Å²) in [6.45, 7) is 5.88. The second-order valence-corrected chi connectivity index (χ2v) is 6.67. The Labute approximate surface area is 155 Å². The summed E-state index contributed by atoms with van der Waals surface area (Å²) in [5.74, 6) is -0.0579. The van der Waals surface area contributed by atoms with Gasteiger partial charge in [-0.1, -0.05) is 17.8 Å². The van der Waals surface area contributed by atoms with E-state index in [0.29, 0.717) is 34.4 Å². The van der Waals surface area contributed by atoms with Gasteiger partial charge in [0.1, 0.15) is 0 Å². The van der Waals surface area contributed by atoms with Crippen LogP contribution in [0.2, 0.25) is 0 Å². The Kier molecular flexibility index (Phi) is 5.22. The second kappa shape index (κ2) is 7.41. The molecule has 1 amide bonds. The van der Waals surface area contributed by atoms with Crippen LogP contribution in [0.25, 0.3) is 0 Å². The molecular formula is C18H20N2O5S. The highest BCUT2D eigenvalue weighted by Crippen LogP contribution is 2.42. The minimum atomic E-state index is -0.663. The van der Waals surface area contributed by atoms with Crippen LogP contribution in [-0.4, -0.2) is 46.0 Å². The summed E-state index contributed by atoms with van der Waals surface area (Å²) in [6.07, 6.45) is 0. The van der Waals surface area contributed by atoms with Crippen molar-refractivity contribution in [3.05, 3.63) is 35.0 Å². The van der Waals surface area contributed by atoms with Crippen LogP contribution >= 0.6 is 11.8 Å². The summed E-state index contributed by atoms with van der Waals surface area (Å²) < 4.78 is 10.7. The molecular weight excluding hydrogens is 356 g/mol. The van der Waals surface area contributed by atoms with Gasteiger partial charge in [-0.05, 0) is 38.5 Å². The predicted molar refractivity (Wildman–Crippen MR) is 98.1 cm³/mol. The third-order valence-electron chi connectivity index (χ3n) is 4.08. The van der Waals surface area contributed by atoms with Crippen molar-refractivity contribution in [2.75, 3.05) is 19.0 Å². The van der Waals surface area contributed by atoms with Crippen molar-refractivity contribution in [2.45, 2.75) is 26.8 Å². The van der Waals surface area contributed by atoms with Crippen molar-refractivity contribution >= 4 is 28.8 Å². The number of aliphatic imine (C=N–C) groups is 1. The third kappa shape index (κ3) is 3.16. The molecule has 7 nitrogen and oxygen atoms in total. The van der Waals surface area contributed by atoms with Crippen molar-refractivity contribution < 1.29 is 24.2 Å². The summed E-state index contributed by atoms with van der Waals surface area (Å²) >= 11 is 1.34. The Morgan fingerprint density at radius 3 is 2.85 bits per heavy atom. The number of benzene rings is 1. The molecule has 1 N–H and O–H groups in total. The molecule has 2 aliphatic heterocycles. The van der Waals surface area contributed by atoms with Crippen LogP contribution in [0.15, 0.2) is 34.5 Å². The van der Waals surface area contributed by atoms with Crippen molar-refractivity contribution in [3.63, 3.8) is 0 Å². The van der Waals surface area contributed by atoms with Gasteiger partial charge < -0.3 is 14.6 Å². The fourth-order valence-corrected chi connectivity index (χ4v) is 3.94. The first-order chi connectivity index (χ1) is 12.5. The van der Waals surface area contributed by atoms with E-state index in [0.717, 1.165) is 0 Å². The number of allylic oxidation sites excluding steroid dienone is 1. The number of phenols is 1. The molecule has 0 spiro atoms. The van der Waals surface area contributed by atoms with Crippen LogP contribution < -0.4 is 4.74 Å². The standard InChI is InChI=1S/C18H20N2O5S/c1-4-24-13-8-11(6-7-12(13)21)16-15(17(23)25-5-2)10(3)19-18-20(16)14(22)9-26-18/h6-8,16,21H,4-5,9H2,1-3H3/t16-/m1/s1. The van der Waals surface area contributed by atoms with Crippen LogP contribution in [-0.2, 0) is 14.3 Å². The van der Waals surface area contributed by atoms with E-state index in [4.69, 9.17) is 9.47 Å². The van der Waals surface area contributed by atoms with E-state index in [1.165, 1.54) is 22.7 Å². The molecule has 1 saturated heterocycles. The number of thioether (sulfide) groups is 1. The van der Waals surface area contributed by atoms with Gasteiger partial charge in [0.25, 0.3) is 0 Å². The molecule has 8 heteroatoms. The number of rotatable bonds is 5. The van der Waals surface area contributed by atoms with E-state index < -0.39 is 12.0 Å². The molecule has 1 aromatic carbocycles. The summed E-state index contributed by atoms with van der Waals surface area (Å²) in [7, 11) is 0. The number of aromatic hydroxyl groups is 1. The molecule has 0 aliphatic carbocycles. The second-order valence-electron chi connectivity index (χ2n) is 5.73. The smallest absolute Gasteiger partial charge is 0.338 e. The lowest BCUT2D eigenvalue weighted by molar-refractivity contribution is -0.139. The third-order valence-corrected chi connectivity index (χ3v) is 5.02. The fourth-order valence-electron chi connectivity index (χ4n) is 3.00. The van der Waals surface area contributed by atoms with Gasteiger partial charge in [0.2, 0.25) is 5.91 Å². The van der Waals surface area contributed by atoms with Crippen LogP contribution in [0.4, 0.5) is 0 Å². The number of hydrogen-bond acceptors (Lipinski definition) is 7. The van der Waals surface area contributed by atoms with Gasteiger partial charge >= 0.3 is 5.97 Å². The van der Waals surface area contributed by atoms with Crippen molar-refractivity contribution in [3.8, 4) is 11.5 Å². The number of amides is 1. The topological polar surface area (TPSA) is 88.4 Å². The average Bonchev–Trinajstić information content (AvgIpc) is 2.96. The number of carbonyl (C=O) groups excluding carboxylic acids is 2. The minimum Gasteiger partial charge on any atom is -0.504 e. The SMILES string of the molecule is CCOC(=O)C1=C(C)N=C2SCC(=O)N2[C@@H]1c1ccc(O)c(OCC)c1. The molecule has 0 bridgehead atoms. The summed E-state index contributed by atoms with van der Waals surface area (Å²) in [4.78, 5) is 31.0. The molecule has 3 rings (SSSR count). The quantitative estimate of drug-likeness (QED) is 0.795. The van der Waals surface area contributed by atoms with Gasteiger partial charge in [0.05, 0.1) is 36.3 Å². The lowest BCUT2D eigenvalue weighted by Gasteiger charge is -2.33. The van der Waals surface area contributed by atoms with Gasteiger partial charge in [-0.3, -0.25) is 9.69 Å². The van der Waals surface area contributed by atoms with E-state index in [-0.39, 0.29) is 24.0 Å². The number of nitrogens with zero attached hydrogens (tertiary/aromatic N) is 2. The van der Waals surface area contributed by atoms with Crippen molar-refractivity contribution in [2.24, 2.45) is 4.99 Å². The minimum absolute atomic E-state index is 0.000750. The number of fused-ring (bicyclic) bond motifs is 1. The van der Waals surface area contributed by atoms with E-state index in [2.05, 4.69) is 4.99 Å². The summed E-state index contributed by atoms with van der Waals surface area (Å²) in [6, 6.07) is 4.16. The van der Waals surface area contributed by atoms with Crippen LogP contribution in [0.1, 0.15) is 32.4 Å². The molecule has 138 valence electrons. The van der Waals surface area contributed by atoms with Gasteiger partial charge in [0.15, 0.2) is 16.7 Å². The lowest BCUT2D eigenvalue weighted by atomic mass is 9.94. The molecule has 1 fully saturated rings. The predicted octanol–water partition coefficient (Wildman–Crippen LogP) is 2.61. The summed E-state index contributed by atoms with van der Waals surface area (Å²) in [5, 5.41) is 10.5. The Balaban J connectivity index is 2.13. The maximum Gasteiger partial charge on any atom is 0.338 e. The number of carbonyl (C=O) groups is 2. The molecule has 2 aliphatic rings. The van der Waals surface area contributed by atoms with E-state index in [1.54, 1.807) is 26.0 Å². The highest BCUT2D eigenvalue weighted by atomic mass is 32.2. The molecule has 1 atom stereocenters. The molecule has 1 aromatic rings. The summed E-state index contributed by atoms with van der Waals surface area (Å²) in [5.41, 5.74) is 1.49. The van der Waals surface area contributed by atoms with Gasteiger partial charge in [-0.15, -0.1) is 0 Å². The maximum absolute atomic E-state index is 12.6. The van der Waals surface area contributed by atoms with Crippen LogP contribution in [0.3, 0.4) is 0 Å². The Bertz CT molecular complexity index is 818. The van der Waals surface area contributed by atoms with Crippen LogP contribution in [0, 0.1) is 0 Å². The Hall–Kier alpha value is -2.48. The highest BCUT2D eigenvalue weighted by Gasteiger charge is 2.43. The van der Waals surface area contributed by atoms with Crippen molar-refractivity contribution in [1.82, 2.24) is 4.90 Å². The number of esters is 1. The van der Waals surface area contributed by atoms with Gasteiger partial charge in [-0.25, -0.2) is 9.79 Å². The van der Waals surface area contributed by atoms with Gasteiger partial charge in [0, 0.05) is 0 Å². The van der Waals surface area contributed by atoms with Crippen LogP contribution in [0.5, 0.6) is 11.5 Å². The number of ether oxygens (including phenoxy) is 2. The first-order valence-corrected chi connectivity index (χ1v) is 9.33. The average molecular weight is 376 g/mol. The lowest BCUT2D eigenvalue weighted by Crippen LogP contribution is -2.39. The first kappa shape index (κ1) is 18.3. The Morgan fingerprint density at radius 2 is 2.15 bits per heavy atom. The number of hydrogen-bond donors (Lipinski definition) is 1. The fraction of sp³-hybridized carbons (Fsp3) is 0.389. The van der Waals surface area contributed by atoms with E-state index in [1.807, 2.05) is 6.92 Å². The van der Waals surface area contributed by atoms with Crippen molar-refractivity contribution in [1.29, 1.82) is 0 Å². The van der Waals surface area contributed by atoms with E-state index in [9.17, 15) is 14.7 Å². The first-order valence-electron chi connectivity index (χ1n) is 8.35. The zero-order valence-corrected chi connectivity index (χ0v) is 15.6. The maximum atomic E-state index is 12.6. The molecule has 0 radical (unpaired) electrons. The normalized spacial score (nSPS) is 19.3. The zero-order valence-electron chi connectivity index (χ0n) is 14.8. The molecule has 0 saturated carbocycles. The Morgan fingerprint density at radius 1 is 1.38 bits per heavy atom. The largest absolute Gasteiger partial charge is 0.504 e.